The fourth-order valence-corrected chi connectivity index (χ4v) is 1.53. The molecular weight excluding hydrogens is 218 g/mol. The summed E-state index contributed by atoms with van der Waals surface area (Å²) in [5, 5.41) is 22.5. The van der Waals surface area contributed by atoms with Crippen LogP contribution in [0, 0.1) is 0 Å². The third-order valence-electron chi connectivity index (χ3n) is 2.06. The zero-order chi connectivity index (χ0) is 11.4. The predicted octanol–water partition coefficient (Wildman–Crippen LogP) is 1.31. The molecule has 0 fully saturated rings. The largest absolute Gasteiger partial charge is 0.507 e. The Kier molecular flexibility index (Phi) is 4.20. The van der Waals surface area contributed by atoms with Gasteiger partial charge in [-0.15, -0.1) is 0 Å². The predicted molar refractivity (Wildman–Crippen MR) is 58.6 cm³/mol. The second-order valence-electron chi connectivity index (χ2n) is 3.12. The first-order chi connectivity index (χ1) is 7.10. The standard InChI is InChI=1S/C10H14ClNO3/c1-12-5-9(14)6-3-7(11)10(15-2)4-8(6)13/h3-4,9,12-14H,5H2,1-2H3. The molecule has 0 radical (unpaired) electrons. The van der Waals surface area contributed by atoms with Crippen molar-refractivity contribution in [3.8, 4) is 11.5 Å². The lowest BCUT2D eigenvalue weighted by Crippen LogP contribution is -2.16. The van der Waals surface area contributed by atoms with Gasteiger partial charge in [0.25, 0.3) is 0 Å². The molecule has 0 heterocycles. The molecule has 3 N–H and O–H groups in total. The summed E-state index contributed by atoms with van der Waals surface area (Å²) in [5.41, 5.74) is 0.384. The minimum atomic E-state index is -0.793. The molecule has 1 unspecified atom stereocenters. The van der Waals surface area contributed by atoms with E-state index < -0.39 is 6.10 Å². The van der Waals surface area contributed by atoms with Gasteiger partial charge in [0, 0.05) is 18.2 Å². The van der Waals surface area contributed by atoms with Crippen molar-refractivity contribution in [3.63, 3.8) is 0 Å². The first-order valence-corrected chi connectivity index (χ1v) is 4.87. The van der Waals surface area contributed by atoms with Crippen LogP contribution in [-0.4, -0.2) is 30.9 Å². The molecule has 1 aromatic carbocycles. The Morgan fingerprint density at radius 2 is 2.20 bits per heavy atom. The van der Waals surface area contributed by atoms with Crippen molar-refractivity contribution >= 4 is 11.6 Å². The second kappa shape index (κ2) is 5.21. The molecule has 5 heteroatoms. The van der Waals surface area contributed by atoms with Crippen LogP contribution in [0.15, 0.2) is 12.1 Å². The number of halogens is 1. The maximum absolute atomic E-state index is 9.67. The molecule has 0 aromatic heterocycles. The summed E-state index contributed by atoms with van der Waals surface area (Å²) in [7, 11) is 3.18. The highest BCUT2D eigenvalue weighted by Crippen LogP contribution is 2.34. The lowest BCUT2D eigenvalue weighted by Gasteiger charge is -2.14. The zero-order valence-electron chi connectivity index (χ0n) is 8.62. The van der Waals surface area contributed by atoms with Crippen LogP contribution in [-0.2, 0) is 0 Å². The zero-order valence-corrected chi connectivity index (χ0v) is 9.38. The Morgan fingerprint density at radius 1 is 1.53 bits per heavy atom. The molecule has 0 spiro atoms. The highest BCUT2D eigenvalue weighted by atomic mass is 35.5. The van der Waals surface area contributed by atoms with E-state index in [1.807, 2.05) is 0 Å². The minimum absolute atomic E-state index is 0.0287. The van der Waals surface area contributed by atoms with Crippen LogP contribution in [0.5, 0.6) is 11.5 Å². The van der Waals surface area contributed by atoms with E-state index in [1.165, 1.54) is 19.2 Å². The number of phenolic OH excluding ortho intramolecular Hbond substituents is 1. The van der Waals surface area contributed by atoms with Gasteiger partial charge in [0.05, 0.1) is 18.2 Å². The number of likely N-dealkylation sites (N-methyl/N-ethyl adjacent to an activating group) is 1. The van der Waals surface area contributed by atoms with Gasteiger partial charge >= 0.3 is 0 Å². The van der Waals surface area contributed by atoms with Crippen molar-refractivity contribution in [2.24, 2.45) is 0 Å². The molecule has 0 bridgehead atoms. The summed E-state index contributed by atoms with van der Waals surface area (Å²) in [5.74, 6) is 0.355. The number of hydrogen-bond acceptors (Lipinski definition) is 4. The SMILES string of the molecule is CNCC(O)c1cc(Cl)c(OC)cc1O. The first-order valence-electron chi connectivity index (χ1n) is 4.49. The van der Waals surface area contributed by atoms with E-state index in [2.05, 4.69) is 5.32 Å². The van der Waals surface area contributed by atoms with Crippen LogP contribution in [0.4, 0.5) is 0 Å². The molecule has 0 amide bonds. The monoisotopic (exact) mass is 231 g/mol. The number of aromatic hydroxyl groups is 1. The molecule has 84 valence electrons. The summed E-state index contributed by atoms with van der Waals surface area (Å²) in [4.78, 5) is 0. The van der Waals surface area contributed by atoms with Crippen molar-refractivity contribution in [3.05, 3.63) is 22.7 Å². The Hall–Kier alpha value is -0.970. The summed E-state index contributed by atoms with van der Waals surface area (Å²) in [6.07, 6.45) is -0.793. The van der Waals surface area contributed by atoms with Gasteiger partial charge < -0.3 is 20.3 Å². The van der Waals surface area contributed by atoms with Gasteiger partial charge in [0.2, 0.25) is 0 Å². The maximum atomic E-state index is 9.67. The minimum Gasteiger partial charge on any atom is -0.507 e. The topological polar surface area (TPSA) is 61.7 Å². The quantitative estimate of drug-likeness (QED) is 0.731. The number of aliphatic hydroxyl groups is 1. The fourth-order valence-electron chi connectivity index (χ4n) is 1.28. The van der Waals surface area contributed by atoms with E-state index in [4.69, 9.17) is 16.3 Å². The van der Waals surface area contributed by atoms with Crippen molar-refractivity contribution in [2.75, 3.05) is 20.7 Å². The first kappa shape index (κ1) is 12.1. The van der Waals surface area contributed by atoms with E-state index in [0.717, 1.165) is 0 Å². The van der Waals surface area contributed by atoms with Gasteiger partial charge in [0.1, 0.15) is 11.5 Å². The summed E-state index contributed by atoms with van der Waals surface area (Å²) < 4.78 is 4.93. The second-order valence-corrected chi connectivity index (χ2v) is 3.53. The molecule has 1 rings (SSSR count). The number of aliphatic hydroxyl groups excluding tert-OH is 1. The van der Waals surface area contributed by atoms with Crippen molar-refractivity contribution < 1.29 is 14.9 Å². The van der Waals surface area contributed by atoms with Gasteiger partial charge in [-0.1, -0.05) is 11.6 Å². The van der Waals surface area contributed by atoms with Crippen molar-refractivity contribution in [1.29, 1.82) is 0 Å². The number of phenols is 1. The Balaban J connectivity index is 3.04. The van der Waals surface area contributed by atoms with Crippen LogP contribution in [0.2, 0.25) is 5.02 Å². The average Bonchev–Trinajstić information content (AvgIpc) is 2.21. The van der Waals surface area contributed by atoms with E-state index in [9.17, 15) is 10.2 Å². The molecule has 1 atom stereocenters. The average molecular weight is 232 g/mol. The van der Waals surface area contributed by atoms with Crippen LogP contribution < -0.4 is 10.1 Å². The third-order valence-corrected chi connectivity index (χ3v) is 2.35. The Morgan fingerprint density at radius 3 is 2.73 bits per heavy atom. The van der Waals surface area contributed by atoms with E-state index in [0.29, 0.717) is 22.9 Å². The Bertz CT molecular complexity index is 344. The van der Waals surface area contributed by atoms with E-state index in [-0.39, 0.29) is 5.75 Å². The Labute approximate surface area is 93.4 Å². The highest BCUT2D eigenvalue weighted by Gasteiger charge is 2.14. The molecular formula is C10H14ClNO3. The molecule has 0 aliphatic heterocycles. The number of nitrogens with one attached hydrogen (secondary N) is 1. The number of hydrogen-bond donors (Lipinski definition) is 3. The normalized spacial score (nSPS) is 12.5. The fraction of sp³-hybridized carbons (Fsp3) is 0.400. The number of benzene rings is 1. The summed E-state index contributed by atoms with van der Waals surface area (Å²) in [6.45, 7) is 0.343. The van der Waals surface area contributed by atoms with Crippen LogP contribution in [0.3, 0.4) is 0 Å². The van der Waals surface area contributed by atoms with Crippen LogP contribution in [0.25, 0.3) is 0 Å². The highest BCUT2D eigenvalue weighted by molar-refractivity contribution is 6.32. The van der Waals surface area contributed by atoms with Crippen LogP contribution >= 0.6 is 11.6 Å². The third kappa shape index (κ3) is 2.75. The number of methoxy groups -OCH3 is 1. The van der Waals surface area contributed by atoms with Gasteiger partial charge in [0.15, 0.2) is 0 Å². The van der Waals surface area contributed by atoms with Gasteiger partial charge in [-0.05, 0) is 13.1 Å². The van der Waals surface area contributed by atoms with Crippen molar-refractivity contribution in [2.45, 2.75) is 6.10 Å². The van der Waals surface area contributed by atoms with Gasteiger partial charge in [-0.25, -0.2) is 0 Å². The van der Waals surface area contributed by atoms with Gasteiger partial charge in [-0.2, -0.15) is 0 Å². The molecule has 0 aliphatic rings. The molecule has 15 heavy (non-hydrogen) atoms. The maximum Gasteiger partial charge on any atom is 0.141 e. The molecule has 4 nitrogen and oxygen atoms in total. The van der Waals surface area contributed by atoms with E-state index >= 15 is 0 Å². The molecule has 0 aliphatic carbocycles. The summed E-state index contributed by atoms with van der Waals surface area (Å²) >= 11 is 5.88. The smallest absolute Gasteiger partial charge is 0.141 e. The lowest BCUT2D eigenvalue weighted by atomic mass is 10.1. The molecule has 0 saturated carbocycles. The molecule has 1 aromatic rings. The lowest BCUT2D eigenvalue weighted by molar-refractivity contribution is 0.174. The van der Waals surface area contributed by atoms with Gasteiger partial charge in [-0.3, -0.25) is 0 Å². The number of ether oxygens (including phenoxy) is 1. The number of rotatable bonds is 4. The van der Waals surface area contributed by atoms with Crippen molar-refractivity contribution in [1.82, 2.24) is 5.32 Å². The van der Waals surface area contributed by atoms with Crippen LogP contribution in [0.1, 0.15) is 11.7 Å². The summed E-state index contributed by atoms with van der Waals surface area (Å²) in [6, 6.07) is 2.88. The molecule has 0 saturated heterocycles. The van der Waals surface area contributed by atoms with E-state index in [1.54, 1.807) is 7.05 Å².